The van der Waals surface area contributed by atoms with E-state index in [1.54, 1.807) is 35.3 Å². The number of nitrogens with zero attached hydrogens (tertiary/aromatic N) is 3. The number of carbonyl (C=O) groups is 1. The molecule has 3 rings (SSSR count). The van der Waals surface area contributed by atoms with Gasteiger partial charge in [-0.1, -0.05) is 29.8 Å². The first-order valence-corrected chi connectivity index (χ1v) is 8.12. The molecular formula is C18H17ClN4O2. The molecule has 0 aliphatic carbocycles. The summed E-state index contributed by atoms with van der Waals surface area (Å²) in [7, 11) is 0. The molecule has 128 valence electrons. The molecule has 0 aliphatic heterocycles. The maximum absolute atomic E-state index is 12.2. The second kappa shape index (κ2) is 7.36. The molecule has 0 saturated carbocycles. The summed E-state index contributed by atoms with van der Waals surface area (Å²) < 4.78 is 3.26. The van der Waals surface area contributed by atoms with Crippen molar-refractivity contribution < 1.29 is 4.79 Å². The van der Waals surface area contributed by atoms with E-state index in [4.69, 9.17) is 11.6 Å². The summed E-state index contributed by atoms with van der Waals surface area (Å²) >= 11 is 6.15. The number of benzene rings is 1. The first-order valence-electron chi connectivity index (χ1n) is 7.74. The summed E-state index contributed by atoms with van der Waals surface area (Å²) in [6.07, 6.45) is 5.00. The Morgan fingerprint density at radius 3 is 2.72 bits per heavy atom. The van der Waals surface area contributed by atoms with E-state index in [2.05, 4.69) is 10.3 Å². The van der Waals surface area contributed by atoms with Crippen LogP contribution in [-0.2, 0) is 17.9 Å². The smallest absolute Gasteiger partial charge is 0.250 e. The molecule has 25 heavy (non-hydrogen) atoms. The van der Waals surface area contributed by atoms with Gasteiger partial charge in [0.15, 0.2) is 0 Å². The second-order valence-corrected chi connectivity index (χ2v) is 6.03. The van der Waals surface area contributed by atoms with E-state index >= 15 is 0 Å². The number of hydrogen-bond donors (Lipinski definition) is 1. The number of aromatic nitrogens is 3. The Labute approximate surface area is 149 Å². The van der Waals surface area contributed by atoms with E-state index in [0.29, 0.717) is 17.3 Å². The quantitative estimate of drug-likeness (QED) is 0.764. The normalized spacial score (nSPS) is 10.6. The van der Waals surface area contributed by atoms with E-state index in [1.807, 2.05) is 25.1 Å². The van der Waals surface area contributed by atoms with Crippen molar-refractivity contribution in [3.8, 4) is 0 Å². The molecule has 2 heterocycles. The predicted molar refractivity (Wildman–Crippen MR) is 96.8 cm³/mol. The van der Waals surface area contributed by atoms with Crippen LogP contribution in [0.3, 0.4) is 0 Å². The summed E-state index contributed by atoms with van der Waals surface area (Å²) in [5, 5.41) is 3.39. The Morgan fingerprint density at radius 1 is 1.20 bits per heavy atom. The van der Waals surface area contributed by atoms with Crippen molar-refractivity contribution in [2.24, 2.45) is 0 Å². The molecule has 0 atom stereocenters. The third kappa shape index (κ3) is 4.16. The largest absolute Gasteiger partial charge is 0.326 e. The van der Waals surface area contributed by atoms with Crippen molar-refractivity contribution in [1.29, 1.82) is 0 Å². The predicted octanol–water partition coefficient (Wildman–Crippen LogP) is 2.69. The van der Waals surface area contributed by atoms with E-state index in [9.17, 15) is 9.59 Å². The molecule has 0 radical (unpaired) electrons. The van der Waals surface area contributed by atoms with Gasteiger partial charge in [-0.25, -0.2) is 4.98 Å². The number of carbonyl (C=O) groups excluding carboxylic acids is 1. The Morgan fingerprint density at radius 2 is 2.00 bits per heavy atom. The number of nitrogens with one attached hydrogen (secondary N) is 1. The van der Waals surface area contributed by atoms with Crippen LogP contribution in [-0.4, -0.2) is 20.0 Å². The number of amides is 1. The Hall–Kier alpha value is -2.86. The van der Waals surface area contributed by atoms with Crippen molar-refractivity contribution in [3.63, 3.8) is 0 Å². The standard InChI is InChI=1S/C18H17ClN4O2/c1-13-20-8-9-22(13)12-17(24)21-15-6-7-18(25)23(11-15)10-14-4-2-3-5-16(14)19/h2-9,11H,10,12H2,1H3,(H,21,24). The summed E-state index contributed by atoms with van der Waals surface area (Å²) in [4.78, 5) is 28.3. The van der Waals surface area contributed by atoms with Gasteiger partial charge in [0.2, 0.25) is 5.91 Å². The van der Waals surface area contributed by atoms with Gasteiger partial charge >= 0.3 is 0 Å². The highest BCUT2D eigenvalue weighted by molar-refractivity contribution is 6.31. The molecule has 0 fully saturated rings. The van der Waals surface area contributed by atoms with E-state index in [0.717, 1.165) is 11.4 Å². The third-order valence-corrected chi connectivity index (χ3v) is 4.17. The molecule has 0 aliphatic rings. The lowest BCUT2D eigenvalue weighted by atomic mass is 10.2. The van der Waals surface area contributed by atoms with Crippen molar-refractivity contribution >= 4 is 23.2 Å². The molecule has 0 bridgehead atoms. The number of rotatable bonds is 5. The number of imidazole rings is 1. The fourth-order valence-electron chi connectivity index (χ4n) is 2.47. The fraction of sp³-hybridized carbons (Fsp3) is 0.167. The van der Waals surface area contributed by atoms with Crippen molar-refractivity contribution in [2.75, 3.05) is 5.32 Å². The molecule has 7 heteroatoms. The van der Waals surface area contributed by atoms with E-state index < -0.39 is 0 Å². The lowest BCUT2D eigenvalue weighted by Crippen LogP contribution is -2.23. The summed E-state index contributed by atoms with van der Waals surface area (Å²) in [6.45, 7) is 2.33. The van der Waals surface area contributed by atoms with Crippen molar-refractivity contribution in [2.45, 2.75) is 20.0 Å². The minimum absolute atomic E-state index is 0.162. The molecule has 0 saturated heterocycles. The van der Waals surface area contributed by atoms with Gasteiger partial charge in [0.05, 0.1) is 12.2 Å². The monoisotopic (exact) mass is 356 g/mol. The van der Waals surface area contributed by atoms with E-state index in [-0.39, 0.29) is 18.0 Å². The summed E-state index contributed by atoms with van der Waals surface area (Å²) in [5.74, 6) is 0.572. The number of hydrogen-bond acceptors (Lipinski definition) is 3. The van der Waals surface area contributed by atoms with Crippen LogP contribution in [0.5, 0.6) is 0 Å². The van der Waals surface area contributed by atoms with Crippen LogP contribution >= 0.6 is 11.6 Å². The zero-order valence-electron chi connectivity index (χ0n) is 13.6. The van der Waals surface area contributed by atoms with Gasteiger partial charge in [0, 0.05) is 29.7 Å². The molecule has 1 N–H and O–H groups in total. The average Bonchev–Trinajstić information content (AvgIpc) is 2.97. The lowest BCUT2D eigenvalue weighted by Gasteiger charge is -2.11. The molecule has 6 nitrogen and oxygen atoms in total. The number of halogens is 1. The van der Waals surface area contributed by atoms with Crippen LogP contribution < -0.4 is 10.9 Å². The minimum atomic E-state index is -0.191. The first kappa shape index (κ1) is 17.0. The summed E-state index contributed by atoms with van der Waals surface area (Å²) in [5.41, 5.74) is 1.22. The van der Waals surface area contributed by atoms with Crippen LogP contribution in [0.1, 0.15) is 11.4 Å². The highest BCUT2D eigenvalue weighted by Crippen LogP contribution is 2.16. The average molecular weight is 357 g/mol. The molecular weight excluding hydrogens is 340 g/mol. The number of pyridine rings is 1. The maximum Gasteiger partial charge on any atom is 0.250 e. The van der Waals surface area contributed by atoms with Crippen molar-refractivity contribution in [1.82, 2.24) is 14.1 Å². The Kier molecular flexibility index (Phi) is 5.00. The lowest BCUT2D eigenvalue weighted by molar-refractivity contribution is -0.116. The third-order valence-electron chi connectivity index (χ3n) is 3.80. The first-order chi connectivity index (χ1) is 12.0. The molecule has 1 aromatic carbocycles. The zero-order chi connectivity index (χ0) is 17.8. The van der Waals surface area contributed by atoms with Gasteiger partial charge in [0.25, 0.3) is 5.56 Å². The molecule has 0 spiro atoms. The van der Waals surface area contributed by atoms with Gasteiger partial charge in [-0.15, -0.1) is 0 Å². The Balaban J connectivity index is 1.75. The fourth-order valence-corrected chi connectivity index (χ4v) is 2.66. The summed E-state index contributed by atoms with van der Waals surface area (Å²) in [6, 6.07) is 10.4. The highest BCUT2D eigenvalue weighted by Gasteiger charge is 2.08. The van der Waals surface area contributed by atoms with Crippen LogP contribution in [0.2, 0.25) is 5.02 Å². The zero-order valence-corrected chi connectivity index (χ0v) is 14.4. The maximum atomic E-state index is 12.2. The molecule has 0 unspecified atom stereocenters. The molecule has 1 amide bonds. The number of aryl methyl sites for hydroxylation is 1. The second-order valence-electron chi connectivity index (χ2n) is 5.63. The van der Waals surface area contributed by atoms with Crippen LogP contribution in [0.25, 0.3) is 0 Å². The molecule has 3 aromatic rings. The Bertz CT molecular complexity index is 961. The topological polar surface area (TPSA) is 68.9 Å². The van der Waals surface area contributed by atoms with Crippen LogP contribution in [0.4, 0.5) is 5.69 Å². The minimum Gasteiger partial charge on any atom is -0.326 e. The van der Waals surface area contributed by atoms with Crippen LogP contribution in [0, 0.1) is 6.92 Å². The SMILES string of the molecule is Cc1nccn1CC(=O)Nc1ccc(=O)n(Cc2ccccc2Cl)c1. The van der Waals surface area contributed by atoms with Gasteiger partial charge < -0.3 is 14.5 Å². The van der Waals surface area contributed by atoms with Crippen LogP contribution in [0.15, 0.2) is 59.8 Å². The number of anilines is 1. The highest BCUT2D eigenvalue weighted by atomic mass is 35.5. The van der Waals surface area contributed by atoms with Gasteiger partial charge in [-0.05, 0) is 24.6 Å². The van der Waals surface area contributed by atoms with E-state index in [1.165, 1.54) is 10.6 Å². The molecule has 2 aromatic heterocycles. The van der Waals surface area contributed by atoms with Gasteiger partial charge in [-0.3, -0.25) is 9.59 Å². The van der Waals surface area contributed by atoms with Gasteiger partial charge in [-0.2, -0.15) is 0 Å². The van der Waals surface area contributed by atoms with Gasteiger partial charge in [0.1, 0.15) is 12.4 Å². The van der Waals surface area contributed by atoms with Crippen molar-refractivity contribution in [3.05, 3.63) is 81.8 Å².